The van der Waals surface area contributed by atoms with E-state index in [1.54, 1.807) is 0 Å². The Labute approximate surface area is 617 Å². The summed E-state index contributed by atoms with van der Waals surface area (Å²) in [4.78, 5) is 196. The van der Waals surface area contributed by atoms with Crippen LogP contribution in [0.2, 0.25) is 0 Å². The van der Waals surface area contributed by atoms with E-state index in [2.05, 4.69) is 13.2 Å². The number of carbonyl (C=O) groups is 1. The van der Waals surface area contributed by atoms with Crippen molar-refractivity contribution in [2.45, 2.75) is 203 Å². The van der Waals surface area contributed by atoms with Crippen LogP contribution in [0.25, 0.3) is 0 Å². The van der Waals surface area contributed by atoms with E-state index in [0.717, 1.165) is 100.0 Å². The fourth-order valence-corrected chi connectivity index (χ4v) is 11.8. The van der Waals surface area contributed by atoms with E-state index >= 15 is 0 Å². The Balaban J connectivity index is 0.000000122. The number of epoxide rings is 12. The SMILES string of the molecule is C=CC(=O)OCCn1c(=O)n(CC2CO2)c(=O)n(CC2CO2)c1=O.C=CCn1c(=O)n(CC2CO2)c(=O)n(CC2CO2)c1=O.Cn1c(=O)n(CC2CO2)c(=O)n(CC2CO2)c1=O.O=c1n(CC2CO2)c(=O)n(CC2CO2)c(=O)n1CC1CO1.O=c1n(CCCC2CO2)c(=O)n(CCCC2CO2)c(=O)n1CCCC1CO1. The lowest BCUT2D eigenvalue weighted by Crippen LogP contribution is -2.55. The topological polar surface area (TPSA) is 507 Å². The van der Waals surface area contributed by atoms with Crippen molar-refractivity contribution in [3.8, 4) is 0 Å². The smallest absolute Gasteiger partial charge is 0.336 e. The first-order valence-corrected chi connectivity index (χ1v) is 36.4. The number of ether oxygens (including phenoxy) is 13. The molecule has 0 saturated carbocycles. The van der Waals surface area contributed by atoms with Crippen LogP contribution in [0, 0.1) is 0 Å². The number of hydrogen-bond acceptors (Lipinski definition) is 29. The Morgan fingerprint density at radius 1 is 0.291 bits per heavy atom. The second-order valence-electron chi connectivity index (χ2n) is 28.1. The lowest BCUT2D eigenvalue weighted by molar-refractivity contribution is -0.138. The van der Waals surface area contributed by atoms with Crippen molar-refractivity contribution in [2.24, 2.45) is 7.05 Å². The molecule has 0 bridgehead atoms. The number of rotatable bonds is 36. The molecular weight excluding hydrogens is 1470 g/mol. The zero-order valence-corrected chi connectivity index (χ0v) is 60.4. The molecule has 17 heterocycles. The normalized spacial score (nSPS) is 25.0. The third-order valence-electron chi connectivity index (χ3n) is 19.1. The summed E-state index contributed by atoms with van der Waals surface area (Å²) in [7, 11) is 1.36. The summed E-state index contributed by atoms with van der Waals surface area (Å²) in [6.07, 6.45) is 6.50. The summed E-state index contributed by atoms with van der Waals surface area (Å²) >= 11 is 0. The van der Waals surface area contributed by atoms with E-state index in [0.29, 0.717) is 98.4 Å². The minimum Gasteiger partial charge on any atom is -0.461 e. The van der Waals surface area contributed by atoms with Crippen LogP contribution < -0.4 is 85.3 Å². The summed E-state index contributed by atoms with van der Waals surface area (Å²) in [5, 5.41) is 0. The van der Waals surface area contributed by atoms with Gasteiger partial charge in [-0.05, 0) is 38.5 Å². The van der Waals surface area contributed by atoms with Crippen LogP contribution in [0.5, 0.6) is 0 Å². The molecule has 110 heavy (non-hydrogen) atoms. The van der Waals surface area contributed by atoms with Crippen molar-refractivity contribution >= 4 is 5.97 Å². The van der Waals surface area contributed by atoms with E-state index < -0.39 is 91.3 Å². The standard InChI is InChI=1S/C18H27N3O6.C14H17N3O7.C12H15N3O6.C12H15N3O5.C10H13N3O5/c22-16-19(7-1-4-13-10-25-13)17(23)21(9-3-6-15-12-27-15)18(24)20(16)8-2-5-14-11-26-14;1-2-11(18)22-4-3-15-12(19)16(5-9-7-23-9)14(21)17(13(15)20)6-10-8-24-10;16-10-13(1-7-4-19-7)11(17)15(3-9-6-21-9)12(18)14(10)2-8-5-20-8;1-2-3-13-10(16)14(4-8-6-19-8)12(18)15(11(13)17)5-9-7-20-9;1-11-8(14)12(2-6-4-17-6)10(16)13(9(11)15)3-7-5-18-7/h13-15H,1-12H2;2,9-10H,1,3-8H2;7-9H,1-6H2;2,8-9H,1,3-7H2;6-7H,2-5H2,1H3. The first kappa shape index (κ1) is 78.6. The zero-order valence-electron chi connectivity index (χ0n) is 60.4. The van der Waals surface area contributed by atoms with Crippen LogP contribution in [0.4, 0.5) is 0 Å². The highest BCUT2D eigenvalue weighted by atomic mass is 16.6. The molecule has 0 aliphatic carbocycles. The van der Waals surface area contributed by atoms with Crippen LogP contribution >= 0.6 is 0 Å². The Morgan fingerprint density at radius 3 is 0.673 bits per heavy atom. The van der Waals surface area contributed by atoms with Gasteiger partial charge < -0.3 is 61.6 Å². The Hall–Kier alpha value is -9.48. The summed E-state index contributed by atoms with van der Waals surface area (Å²) in [5.41, 5.74) is -9.10. The molecule has 44 nitrogen and oxygen atoms in total. The number of carbonyl (C=O) groups excluding carboxylic acids is 1. The maximum absolute atomic E-state index is 12.8. The molecule has 12 unspecified atom stereocenters. The third-order valence-corrected chi connectivity index (χ3v) is 19.1. The third kappa shape index (κ3) is 20.9. The van der Waals surface area contributed by atoms with Gasteiger partial charge in [0.2, 0.25) is 0 Å². The maximum Gasteiger partial charge on any atom is 0.336 e. The van der Waals surface area contributed by atoms with E-state index in [-0.39, 0.29) is 152 Å². The van der Waals surface area contributed by atoms with Gasteiger partial charge in [0.25, 0.3) is 0 Å². The fourth-order valence-electron chi connectivity index (χ4n) is 11.8. The van der Waals surface area contributed by atoms with Crippen LogP contribution in [0.3, 0.4) is 0 Å². The molecule has 5 aromatic rings. The summed E-state index contributed by atoms with van der Waals surface area (Å²) in [6, 6.07) is 0. The monoisotopic (exact) mass is 1550 g/mol. The molecule has 0 N–H and O–H groups in total. The molecular formula is C66H87N15O29. The average Bonchev–Trinajstić information content (AvgIpc) is 1.77. The molecule has 600 valence electrons. The van der Waals surface area contributed by atoms with E-state index in [9.17, 15) is 76.7 Å². The van der Waals surface area contributed by atoms with Crippen molar-refractivity contribution < 1.29 is 66.4 Å². The number of aromatic nitrogens is 15. The Morgan fingerprint density at radius 2 is 0.473 bits per heavy atom. The molecule has 0 spiro atoms. The predicted molar refractivity (Wildman–Crippen MR) is 373 cm³/mol. The lowest BCUT2D eigenvalue weighted by Gasteiger charge is -2.13. The molecule has 12 fully saturated rings. The summed E-state index contributed by atoms with van der Waals surface area (Å²) < 4.78 is 81.6. The van der Waals surface area contributed by atoms with E-state index in [4.69, 9.17) is 61.6 Å². The van der Waals surface area contributed by atoms with Crippen LogP contribution in [0.1, 0.15) is 38.5 Å². The van der Waals surface area contributed by atoms with Crippen molar-refractivity contribution in [1.29, 1.82) is 0 Å². The highest BCUT2D eigenvalue weighted by molar-refractivity contribution is 5.81. The second kappa shape index (κ2) is 34.4. The average molecular weight is 1550 g/mol. The van der Waals surface area contributed by atoms with Crippen molar-refractivity contribution in [3.05, 3.63) is 183 Å². The van der Waals surface area contributed by atoms with Crippen LogP contribution in [-0.4, -0.2) is 234 Å². The quantitative estimate of drug-likeness (QED) is 0.0155. The molecule has 0 aromatic carbocycles. The van der Waals surface area contributed by atoms with Crippen molar-refractivity contribution in [2.75, 3.05) is 85.9 Å². The highest BCUT2D eigenvalue weighted by Gasteiger charge is 2.36. The zero-order chi connectivity index (χ0) is 77.8. The van der Waals surface area contributed by atoms with Gasteiger partial charge in [-0.3, -0.25) is 0 Å². The van der Waals surface area contributed by atoms with Gasteiger partial charge in [-0.2, -0.15) is 0 Å². The predicted octanol–water partition coefficient (Wildman–Crippen LogP) is -9.56. The number of esters is 1. The van der Waals surface area contributed by atoms with Gasteiger partial charge in [-0.15, -0.1) is 6.58 Å². The Kier molecular flexibility index (Phi) is 24.6. The number of allylic oxidation sites excluding steroid dienone is 1. The molecule has 0 radical (unpaired) electrons. The van der Waals surface area contributed by atoms with Crippen molar-refractivity contribution in [3.63, 3.8) is 0 Å². The molecule has 12 aliphatic rings. The van der Waals surface area contributed by atoms with Crippen molar-refractivity contribution in [1.82, 2.24) is 68.5 Å². The summed E-state index contributed by atoms with van der Waals surface area (Å²) in [5.74, 6) is -0.658. The van der Waals surface area contributed by atoms with Gasteiger partial charge in [0.05, 0.1) is 225 Å². The van der Waals surface area contributed by atoms with Crippen LogP contribution in [-0.2, 0) is 165 Å². The van der Waals surface area contributed by atoms with Gasteiger partial charge in [-0.1, -0.05) is 12.7 Å². The summed E-state index contributed by atoms with van der Waals surface area (Å²) in [6.45, 7) is 15.8. The minimum absolute atomic E-state index is 0.0645. The largest absolute Gasteiger partial charge is 0.461 e. The Bertz CT molecular complexity index is 4810. The van der Waals surface area contributed by atoms with Crippen LogP contribution in [0.15, 0.2) is 97.2 Å². The number of hydrogen-bond donors (Lipinski definition) is 0. The van der Waals surface area contributed by atoms with Gasteiger partial charge in [0.15, 0.2) is 0 Å². The molecule has 12 aliphatic heterocycles. The van der Waals surface area contributed by atoms with E-state index in [1.807, 2.05) is 0 Å². The first-order chi connectivity index (χ1) is 53.0. The fraction of sp³-hybridized carbons (Fsp3) is 0.697. The van der Waals surface area contributed by atoms with E-state index in [1.165, 1.54) is 26.8 Å². The minimum atomic E-state index is -0.747. The molecule has 44 heteroatoms. The first-order valence-electron chi connectivity index (χ1n) is 36.4. The lowest BCUT2D eigenvalue weighted by atomic mass is 10.2. The molecule has 17 rings (SSSR count). The molecule has 12 atom stereocenters. The van der Waals surface area contributed by atoms with Gasteiger partial charge in [-0.25, -0.2) is 145 Å². The second-order valence-corrected chi connectivity index (χ2v) is 28.1. The molecule has 5 aromatic heterocycles. The maximum atomic E-state index is 12.8. The van der Waals surface area contributed by atoms with Gasteiger partial charge in [0, 0.05) is 32.8 Å². The molecule has 12 saturated heterocycles. The highest BCUT2D eigenvalue weighted by Crippen LogP contribution is 2.19. The number of nitrogens with zero attached hydrogens (tertiary/aromatic N) is 15. The van der Waals surface area contributed by atoms with Gasteiger partial charge >= 0.3 is 91.3 Å². The van der Waals surface area contributed by atoms with Gasteiger partial charge in [0.1, 0.15) is 6.61 Å². The molecule has 0 amide bonds.